The molecule has 0 aromatic heterocycles. The van der Waals surface area contributed by atoms with Crippen molar-refractivity contribution in [2.24, 2.45) is 0 Å². The number of halogens is 1. The van der Waals surface area contributed by atoms with E-state index in [9.17, 15) is 4.79 Å². The lowest BCUT2D eigenvalue weighted by Crippen LogP contribution is -2.24. The van der Waals surface area contributed by atoms with Crippen molar-refractivity contribution < 1.29 is 9.90 Å². The summed E-state index contributed by atoms with van der Waals surface area (Å²) in [6.07, 6.45) is 1.17. The maximum atomic E-state index is 11.7. The molecule has 1 aromatic rings. The van der Waals surface area contributed by atoms with Crippen LogP contribution in [0.3, 0.4) is 0 Å². The number of hydrogen-bond acceptors (Lipinski definition) is 4. The van der Waals surface area contributed by atoms with Crippen molar-refractivity contribution in [2.75, 3.05) is 37.8 Å². The van der Waals surface area contributed by atoms with Gasteiger partial charge in [-0.25, -0.2) is 0 Å². The zero-order valence-electron chi connectivity index (χ0n) is 11.0. The van der Waals surface area contributed by atoms with Crippen LogP contribution >= 0.6 is 11.6 Å². The molecule has 5 nitrogen and oxygen atoms in total. The third kappa shape index (κ3) is 5.92. The van der Waals surface area contributed by atoms with E-state index in [1.165, 1.54) is 0 Å². The van der Waals surface area contributed by atoms with Crippen molar-refractivity contribution in [3.8, 4) is 0 Å². The zero-order valence-corrected chi connectivity index (χ0v) is 11.8. The molecule has 1 rings (SSSR count). The monoisotopic (exact) mass is 285 g/mol. The van der Waals surface area contributed by atoms with Crippen LogP contribution < -0.4 is 11.1 Å². The molecule has 1 amide bonds. The lowest BCUT2D eigenvalue weighted by atomic mass is 10.2. The average molecular weight is 286 g/mol. The van der Waals surface area contributed by atoms with Gasteiger partial charge in [0.1, 0.15) is 0 Å². The van der Waals surface area contributed by atoms with Crippen molar-refractivity contribution >= 4 is 28.9 Å². The number of nitrogens with zero attached hydrogens (tertiary/aromatic N) is 1. The molecular weight excluding hydrogens is 266 g/mol. The molecule has 0 spiro atoms. The van der Waals surface area contributed by atoms with Crippen LogP contribution in [0, 0.1) is 0 Å². The first-order valence-corrected chi connectivity index (χ1v) is 6.55. The summed E-state index contributed by atoms with van der Waals surface area (Å²) in [7, 11) is 1.91. The number of carbonyl (C=O) groups is 1. The Morgan fingerprint density at radius 3 is 2.84 bits per heavy atom. The molecule has 0 aliphatic carbocycles. The predicted molar refractivity (Wildman–Crippen MR) is 78.3 cm³/mol. The van der Waals surface area contributed by atoms with Crippen LogP contribution in [0.5, 0.6) is 0 Å². The lowest BCUT2D eigenvalue weighted by molar-refractivity contribution is -0.116. The molecule has 0 aliphatic heterocycles. The summed E-state index contributed by atoms with van der Waals surface area (Å²) < 4.78 is 0. The quantitative estimate of drug-likeness (QED) is 0.665. The molecule has 0 fully saturated rings. The second-order valence-electron chi connectivity index (χ2n) is 4.41. The van der Waals surface area contributed by atoms with E-state index in [4.69, 9.17) is 22.4 Å². The Morgan fingerprint density at radius 2 is 2.21 bits per heavy atom. The van der Waals surface area contributed by atoms with Crippen molar-refractivity contribution in [3.05, 3.63) is 23.2 Å². The largest absolute Gasteiger partial charge is 0.397 e. The van der Waals surface area contributed by atoms with E-state index in [1.807, 2.05) is 11.9 Å². The van der Waals surface area contributed by atoms with Gasteiger partial charge in [0.25, 0.3) is 0 Å². The van der Waals surface area contributed by atoms with Crippen LogP contribution in [-0.4, -0.2) is 42.7 Å². The molecule has 0 atom stereocenters. The van der Waals surface area contributed by atoms with E-state index in [1.54, 1.807) is 18.2 Å². The number of amides is 1. The standard InChI is InChI=1S/C13H20ClN3O2/c1-17(7-8-18)6-2-3-13(19)16-10-4-5-11(14)12(15)9-10/h4-5,9,18H,2-3,6-8,15H2,1H3,(H,16,19). The fourth-order valence-corrected chi connectivity index (χ4v) is 1.75. The SMILES string of the molecule is CN(CCO)CCCC(=O)Nc1ccc(Cl)c(N)c1. The summed E-state index contributed by atoms with van der Waals surface area (Å²) >= 11 is 5.80. The number of anilines is 2. The van der Waals surface area contributed by atoms with Crippen molar-refractivity contribution in [1.82, 2.24) is 4.90 Å². The van der Waals surface area contributed by atoms with Gasteiger partial charge in [-0.05, 0) is 38.2 Å². The highest BCUT2D eigenvalue weighted by atomic mass is 35.5. The van der Waals surface area contributed by atoms with E-state index in [0.717, 1.165) is 13.0 Å². The number of nitrogens with two attached hydrogens (primary N) is 1. The number of nitrogen functional groups attached to an aromatic ring is 1. The third-order valence-electron chi connectivity index (χ3n) is 2.71. The fourth-order valence-electron chi connectivity index (χ4n) is 1.64. The molecule has 0 unspecified atom stereocenters. The van der Waals surface area contributed by atoms with E-state index in [2.05, 4.69) is 5.32 Å². The second kappa shape index (κ2) is 7.99. The first kappa shape index (κ1) is 15.8. The Hall–Kier alpha value is -1.30. The Bertz CT molecular complexity index is 426. The number of carbonyl (C=O) groups excluding carboxylic acids is 1. The number of benzene rings is 1. The summed E-state index contributed by atoms with van der Waals surface area (Å²) in [6.45, 7) is 1.53. The number of rotatable bonds is 7. The highest BCUT2D eigenvalue weighted by Gasteiger charge is 2.05. The molecule has 0 heterocycles. The van der Waals surface area contributed by atoms with Crippen LogP contribution in [0.4, 0.5) is 11.4 Å². The number of aliphatic hydroxyl groups excluding tert-OH is 1. The molecule has 0 saturated heterocycles. The summed E-state index contributed by atoms with van der Waals surface area (Å²) in [5, 5.41) is 12.0. The van der Waals surface area contributed by atoms with Gasteiger partial charge in [-0.3, -0.25) is 4.79 Å². The smallest absolute Gasteiger partial charge is 0.224 e. The van der Waals surface area contributed by atoms with E-state index in [-0.39, 0.29) is 12.5 Å². The van der Waals surface area contributed by atoms with Gasteiger partial charge in [-0.2, -0.15) is 0 Å². The number of aliphatic hydroxyl groups is 1. The zero-order chi connectivity index (χ0) is 14.3. The van der Waals surface area contributed by atoms with Crippen LogP contribution in [-0.2, 0) is 4.79 Å². The van der Waals surface area contributed by atoms with Gasteiger partial charge in [0.05, 0.1) is 17.3 Å². The Balaban J connectivity index is 2.33. The molecule has 6 heteroatoms. The molecular formula is C13H20ClN3O2. The highest BCUT2D eigenvalue weighted by Crippen LogP contribution is 2.22. The minimum atomic E-state index is -0.0564. The van der Waals surface area contributed by atoms with Crippen molar-refractivity contribution in [1.29, 1.82) is 0 Å². The van der Waals surface area contributed by atoms with Gasteiger partial charge in [0.2, 0.25) is 5.91 Å². The van der Waals surface area contributed by atoms with Crippen LogP contribution in [0.2, 0.25) is 5.02 Å². The molecule has 0 aliphatic rings. The molecule has 4 N–H and O–H groups in total. The maximum Gasteiger partial charge on any atom is 0.224 e. The Kier molecular flexibility index (Phi) is 6.62. The summed E-state index contributed by atoms with van der Waals surface area (Å²) in [5.41, 5.74) is 6.75. The normalized spacial score (nSPS) is 10.7. The van der Waals surface area contributed by atoms with E-state index >= 15 is 0 Å². The minimum absolute atomic E-state index is 0.0564. The van der Waals surface area contributed by atoms with E-state index in [0.29, 0.717) is 29.4 Å². The first-order valence-electron chi connectivity index (χ1n) is 6.17. The van der Waals surface area contributed by atoms with Gasteiger partial charge in [-0.1, -0.05) is 11.6 Å². The lowest BCUT2D eigenvalue weighted by Gasteiger charge is -2.14. The molecule has 0 saturated carbocycles. The second-order valence-corrected chi connectivity index (χ2v) is 4.82. The van der Waals surface area contributed by atoms with Crippen LogP contribution in [0.1, 0.15) is 12.8 Å². The third-order valence-corrected chi connectivity index (χ3v) is 3.05. The molecule has 106 valence electrons. The summed E-state index contributed by atoms with van der Waals surface area (Å²) in [4.78, 5) is 13.7. The molecule has 1 aromatic carbocycles. The van der Waals surface area contributed by atoms with Gasteiger partial charge >= 0.3 is 0 Å². The highest BCUT2D eigenvalue weighted by molar-refractivity contribution is 6.33. The molecule has 0 radical (unpaired) electrons. The molecule has 0 bridgehead atoms. The van der Waals surface area contributed by atoms with Gasteiger partial charge < -0.3 is 21.1 Å². The van der Waals surface area contributed by atoms with Gasteiger partial charge in [0, 0.05) is 18.7 Å². The number of hydrogen-bond donors (Lipinski definition) is 3. The predicted octanol–water partition coefficient (Wildman–Crippen LogP) is 1.56. The molecule has 19 heavy (non-hydrogen) atoms. The Labute approximate surface area is 118 Å². The van der Waals surface area contributed by atoms with Crippen molar-refractivity contribution in [3.63, 3.8) is 0 Å². The van der Waals surface area contributed by atoms with Crippen molar-refractivity contribution in [2.45, 2.75) is 12.8 Å². The fraction of sp³-hybridized carbons (Fsp3) is 0.462. The topological polar surface area (TPSA) is 78.6 Å². The summed E-state index contributed by atoms with van der Waals surface area (Å²) in [5.74, 6) is -0.0564. The van der Waals surface area contributed by atoms with Gasteiger partial charge in [-0.15, -0.1) is 0 Å². The van der Waals surface area contributed by atoms with Crippen LogP contribution in [0.25, 0.3) is 0 Å². The van der Waals surface area contributed by atoms with Gasteiger partial charge in [0.15, 0.2) is 0 Å². The Morgan fingerprint density at radius 1 is 1.47 bits per heavy atom. The van der Waals surface area contributed by atoms with E-state index < -0.39 is 0 Å². The maximum absolute atomic E-state index is 11.7. The minimum Gasteiger partial charge on any atom is -0.397 e. The average Bonchev–Trinajstić information content (AvgIpc) is 2.34. The number of likely N-dealkylation sites (N-methyl/N-ethyl adjacent to an activating group) is 1. The first-order chi connectivity index (χ1) is 9.02. The summed E-state index contributed by atoms with van der Waals surface area (Å²) in [6, 6.07) is 5.01. The number of nitrogens with one attached hydrogen (secondary N) is 1. The van der Waals surface area contributed by atoms with Crippen LogP contribution in [0.15, 0.2) is 18.2 Å².